The third-order valence-electron chi connectivity index (χ3n) is 1.71. The average Bonchev–Trinajstić information content (AvgIpc) is 2.14. The maximum Gasteiger partial charge on any atom is 0.309 e. The Morgan fingerprint density at radius 1 is 1.38 bits per heavy atom. The summed E-state index contributed by atoms with van der Waals surface area (Å²) in [5.41, 5.74) is 0. The fourth-order valence-corrected chi connectivity index (χ4v) is 0.953. The van der Waals surface area contributed by atoms with Gasteiger partial charge in [0.25, 0.3) is 0 Å². The van der Waals surface area contributed by atoms with Crippen LogP contribution in [0.3, 0.4) is 0 Å². The van der Waals surface area contributed by atoms with Crippen molar-refractivity contribution in [2.45, 2.75) is 39.0 Å². The summed E-state index contributed by atoms with van der Waals surface area (Å²) in [4.78, 5) is 10.9. The van der Waals surface area contributed by atoms with E-state index in [2.05, 4.69) is 13.8 Å². The second-order valence-electron chi connectivity index (χ2n) is 2.96. The number of rotatable bonds is 7. The topological polar surface area (TPSA) is 26.3 Å². The molecular formula is C11H19O2. The van der Waals surface area contributed by atoms with Crippen LogP contribution in [-0.2, 0) is 9.53 Å². The summed E-state index contributed by atoms with van der Waals surface area (Å²) < 4.78 is 4.97. The molecular weight excluding hydrogens is 164 g/mol. The van der Waals surface area contributed by atoms with Crippen molar-refractivity contribution in [1.29, 1.82) is 0 Å². The first-order chi connectivity index (χ1) is 6.31. The molecule has 0 amide bonds. The van der Waals surface area contributed by atoms with Crippen LogP contribution in [0.25, 0.3) is 0 Å². The summed E-state index contributed by atoms with van der Waals surface area (Å²) >= 11 is 0. The zero-order chi connectivity index (χ0) is 9.94. The van der Waals surface area contributed by atoms with Gasteiger partial charge in [0.2, 0.25) is 0 Å². The minimum Gasteiger partial charge on any atom is -0.465 e. The molecule has 0 aromatic heterocycles. The summed E-state index contributed by atoms with van der Waals surface area (Å²) in [7, 11) is 0. The maximum atomic E-state index is 10.9. The number of ether oxygens (including phenoxy) is 1. The van der Waals surface area contributed by atoms with Gasteiger partial charge in [-0.2, -0.15) is 0 Å². The van der Waals surface area contributed by atoms with E-state index in [1.807, 2.05) is 0 Å². The van der Waals surface area contributed by atoms with Gasteiger partial charge < -0.3 is 4.74 Å². The predicted molar refractivity (Wildman–Crippen MR) is 54.2 cm³/mol. The molecule has 0 spiro atoms. The van der Waals surface area contributed by atoms with Crippen LogP contribution in [0.1, 0.15) is 39.0 Å². The smallest absolute Gasteiger partial charge is 0.309 e. The normalized spacial score (nSPS) is 10.6. The van der Waals surface area contributed by atoms with Crippen LogP contribution in [0.4, 0.5) is 0 Å². The van der Waals surface area contributed by atoms with Crippen molar-refractivity contribution in [3.63, 3.8) is 0 Å². The molecule has 2 heteroatoms. The zero-order valence-corrected chi connectivity index (χ0v) is 8.42. The number of hydrogen-bond acceptors (Lipinski definition) is 2. The number of carbonyl (C=O) groups is 1. The number of esters is 1. The highest BCUT2D eigenvalue weighted by atomic mass is 16.5. The molecule has 0 aliphatic rings. The van der Waals surface area contributed by atoms with Crippen molar-refractivity contribution in [2.24, 2.45) is 0 Å². The quantitative estimate of drug-likeness (QED) is 0.448. The minimum absolute atomic E-state index is 0.156. The van der Waals surface area contributed by atoms with E-state index >= 15 is 0 Å². The molecule has 0 fully saturated rings. The number of allylic oxidation sites excluding steroid dienone is 1. The van der Waals surface area contributed by atoms with E-state index in [1.54, 1.807) is 12.2 Å². The van der Waals surface area contributed by atoms with Crippen LogP contribution in [0.15, 0.2) is 12.2 Å². The van der Waals surface area contributed by atoms with Gasteiger partial charge in [-0.15, -0.1) is 0 Å². The highest BCUT2D eigenvalue weighted by molar-refractivity contribution is 5.71. The molecule has 0 unspecified atom stereocenters. The summed E-state index contributed by atoms with van der Waals surface area (Å²) in [5.74, 6) is -0.156. The minimum atomic E-state index is -0.156. The molecule has 0 aromatic carbocycles. The molecule has 0 N–H and O–H groups in total. The van der Waals surface area contributed by atoms with Crippen molar-refractivity contribution in [3.8, 4) is 0 Å². The Balaban J connectivity index is 3.17. The predicted octanol–water partition coefficient (Wildman–Crippen LogP) is 2.89. The van der Waals surface area contributed by atoms with E-state index in [-0.39, 0.29) is 5.97 Å². The standard InChI is InChI=1S/C11H19O2/c1-3-5-7-8-10-13-11(12)9-6-4-2/h4,6H,2-3,5,7-10H2,1H3/b6-4+. The lowest BCUT2D eigenvalue weighted by Crippen LogP contribution is -2.04. The van der Waals surface area contributed by atoms with Gasteiger partial charge in [0.05, 0.1) is 13.0 Å². The van der Waals surface area contributed by atoms with Gasteiger partial charge in [0.1, 0.15) is 0 Å². The molecule has 0 rings (SSSR count). The van der Waals surface area contributed by atoms with E-state index in [1.165, 1.54) is 12.8 Å². The van der Waals surface area contributed by atoms with Crippen LogP contribution < -0.4 is 0 Å². The Kier molecular flexibility index (Phi) is 8.73. The largest absolute Gasteiger partial charge is 0.465 e. The van der Waals surface area contributed by atoms with E-state index in [0.29, 0.717) is 13.0 Å². The summed E-state index contributed by atoms with van der Waals surface area (Å²) in [5, 5.41) is 0. The molecule has 1 radical (unpaired) electrons. The summed E-state index contributed by atoms with van der Waals surface area (Å²) in [6, 6.07) is 0. The Hall–Kier alpha value is -0.790. The molecule has 2 nitrogen and oxygen atoms in total. The molecule has 0 saturated heterocycles. The van der Waals surface area contributed by atoms with Crippen molar-refractivity contribution in [1.82, 2.24) is 0 Å². The number of carbonyl (C=O) groups excluding carboxylic acids is 1. The lowest BCUT2D eigenvalue weighted by Gasteiger charge is -2.01. The summed E-state index contributed by atoms with van der Waals surface area (Å²) in [6.07, 6.45) is 8.21. The van der Waals surface area contributed by atoms with Crippen molar-refractivity contribution in [2.75, 3.05) is 6.61 Å². The Bertz CT molecular complexity index is 150. The molecule has 0 heterocycles. The zero-order valence-electron chi connectivity index (χ0n) is 8.42. The molecule has 0 aromatic rings. The van der Waals surface area contributed by atoms with Crippen molar-refractivity contribution in [3.05, 3.63) is 19.1 Å². The molecule has 75 valence electrons. The van der Waals surface area contributed by atoms with Crippen LogP contribution in [-0.4, -0.2) is 12.6 Å². The van der Waals surface area contributed by atoms with Crippen LogP contribution in [0.2, 0.25) is 0 Å². The fraction of sp³-hybridized carbons (Fsp3) is 0.636. The second-order valence-corrected chi connectivity index (χ2v) is 2.96. The van der Waals surface area contributed by atoms with E-state index in [4.69, 9.17) is 4.74 Å². The fourth-order valence-electron chi connectivity index (χ4n) is 0.953. The highest BCUT2D eigenvalue weighted by Crippen LogP contribution is 1.99. The van der Waals surface area contributed by atoms with Gasteiger partial charge in [-0.1, -0.05) is 38.3 Å². The maximum absolute atomic E-state index is 10.9. The first kappa shape index (κ1) is 12.2. The lowest BCUT2D eigenvalue weighted by molar-refractivity contribution is -0.142. The Morgan fingerprint density at radius 2 is 2.15 bits per heavy atom. The molecule has 0 aliphatic carbocycles. The molecule has 0 aliphatic heterocycles. The Labute approximate surface area is 81.0 Å². The third-order valence-corrected chi connectivity index (χ3v) is 1.71. The van der Waals surface area contributed by atoms with E-state index < -0.39 is 0 Å². The van der Waals surface area contributed by atoms with E-state index in [0.717, 1.165) is 12.8 Å². The third kappa shape index (κ3) is 9.12. The number of unbranched alkanes of at least 4 members (excludes halogenated alkanes) is 3. The van der Waals surface area contributed by atoms with Crippen molar-refractivity contribution >= 4 is 5.97 Å². The van der Waals surface area contributed by atoms with Crippen LogP contribution in [0, 0.1) is 6.92 Å². The second kappa shape index (κ2) is 9.30. The van der Waals surface area contributed by atoms with Gasteiger partial charge in [-0.05, 0) is 13.3 Å². The van der Waals surface area contributed by atoms with Crippen LogP contribution >= 0.6 is 0 Å². The molecule has 13 heavy (non-hydrogen) atoms. The van der Waals surface area contributed by atoms with Crippen molar-refractivity contribution < 1.29 is 9.53 Å². The van der Waals surface area contributed by atoms with Gasteiger partial charge in [-0.25, -0.2) is 0 Å². The van der Waals surface area contributed by atoms with Gasteiger partial charge in [0, 0.05) is 0 Å². The SMILES string of the molecule is [CH2]/C=C/CC(=O)OCCCCCC. The first-order valence-electron chi connectivity index (χ1n) is 4.91. The number of hydrogen-bond donors (Lipinski definition) is 0. The monoisotopic (exact) mass is 183 g/mol. The lowest BCUT2D eigenvalue weighted by atomic mass is 10.2. The first-order valence-corrected chi connectivity index (χ1v) is 4.91. The molecule has 0 atom stereocenters. The average molecular weight is 183 g/mol. The molecule has 0 saturated carbocycles. The van der Waals surface area contributed by atoms with Crippen LogP contribution in [0.5, 0.6) is 0 Å². The van der Waals surface area contributed by atoms with Gasteiger partial charge >= 0.3 is 5.97 Å². The van der Waals surface area contributed by atoms with Gasteiger partial charge in [-0.3, -0.25) is 4.79 Å². The van der Waals surface area contributed by atoms with E-state index in [9.17, 15) is 4.79 Å². The summed E-state index contributed by atoms with van der Waals surface area (Å²) in [6.45, 7) is 6.21. The highest BCUT2D eigenvalue weighted by Gasteiger charge is 1.97. The molecule has 0 bridgehead atoms. The van der Waals surface area contributed by atoms with Gasteiger partial charge in [0.15, 0.2) is 0 Å². The Morgan fingerprint density at radius 3 is 2.77 bits per heavy atom.